The molecule has 1 amide bonds. The van der Waals surface area contributed by atoms with Crippen molar-refractivity contribution in [2.45, 2.75) is 38.1 Å². The van der Waals surface area contributed by atoms with Gasteiger partial charge in [-0.15, -0.1) is 0 Å². The van der Waals surface area contributed by atoms with E-state index in [4.69, 9.17) is 0 Å². The van der Waals surface area contributed by atoms with Gasteiger partial charge < -0.3 is 10.0 Å². The van der Waals surface area contributed by atoms with Crippen molar-refractivity contribution in [2.75, 3.05) is 6.54 Å². The van der Waals surface area contributed by atoms with Crippen LogP contribution in [0.3, 0.4) is 0 Å². The van der Waals surface area contributed by atoms with Crippen molar-refractivity contribution in [3.05, 3.63) is 30.1 Å². The van der Waals surface area contributed by atoms with Crippen LogP contribution >= 0.6 is 0 Å². The zero-order valence-corrected chi connectivity index (χ0v) is 11.9. The molecule has 2 heterocycles. The summed E-state index contributed by atoms with van der Waals surface area (Å²) in [6, 6.07) is 3.93. The Morgan fingerprint density at radius 1 is 1.19 bits per heavy atom. The Morgan fingerprint density at radius 2 is 2.00 bits per heavy atom. The monoisotopic (exact) mass is 288 g/mol. The molecule has 1 aliphatic heterocycles. The molecular weight excluding hydrogens is 268 g/mol. The Kier molecular flexibility index (Phi) is 3.90. The van der Waals surface area contributed by atoms with Gasteiger partial charge in [-0.3, -0.25) is 14.6 Å². The zero-order valence-electron chi connectivity index (χ0n) is 11.9. The Balaban J connectivity index is 1.79. The molecule has 21 heavy (non-hydrogen) atoms. The zero-order chi connectivity index (χ0) is 14.8. The number of hydrogen-bond donors (Lipinski definition) is 1. The molecule has 1 saturated carbocycles. The number of pyridine rings is 1. The van der Waals surface area contributed by atoms with E-state index < -0.39 is 11.9 Å². The molecule has 1 aliphatic carbocycles. The van der Waals surface area contributed by atoms with Crippen LogP contribution in [0.15, 0.2) is 24.5 Å². The lowest BCUT2D eigenvalue weighted by Crippen LogP contribution is -2.38. The minimum Gasteiger partial charge on any atom is -0.481 e. The summed E-state index contributed by atoms with van der Waals surface area (Å²) in [5.74, 6) is -1.67. The molecule has 1 aromatic rings. The maximum Gasteiger partial charge on any atom is 0.307 e. The minimum absolute atomic E-state index is 0.0197. The van der Waals surface area contributed by atoms with E-state index >= 15 is 0 Å². The van der Waals surface area contributed by atoms with Crippen molar-refractivity contribution in [3.63, 3.8) is 0 Å². The maximum absolute atomic E-state index is 12.8. The van der Waals surface area contributed by atoms with E-state index in [1.165, 1.54) is 0 Å². The molecule has 5 nitrogen and oxygen atoms in total. The van der Waals surface area contributed by atoms with Gasteiger partial charge in [-0.05, 0) is 37.3 Å². The van der Waals surface area contributed by atoms with E-state index in [-0.39, 0.29) is 17.9 Å². The molecule has 0 bridgehead atoms. The third kappa shape index (κ3) is 2.64. The van der Waals surface area contributed by atoms with Gasteiger partial charge in [0.05, 0.1) is 17.9 Å². The van der Waals surface area contributed by atoms with Crippen molar-refractivity contribution < 1.29 is 14.7 Å². The average molecular weight is 288 g/mol. The van der Waals surface area contributed by atoms with E-state index in [1.807, 2.05) is 17.0 Å². The number of likely N-dealkylation sites (tertiary alicyclic amines) is 1. The van der Waals surface area contributed by atoms with E-state index in [1.54, 1.807) is 12.4 Å². The molecular formula is C16H20N2O3. The molecule has 1 N–H and O–H groups in total. The van der Waals surface area contributed by atoms with E-state index in [0.717, 1.165) is 31.4 Å². The fraction of sp³-hybridized carbons (Fsp3) is 0.562. The molecule has 1 saturated heterocycles. The first-order valence-corrected chi connectivity index (χ1v) is 7.61. The van der Waals surface area contributed by atoms with Crippen LogP contribution in [-0.4, -0.2) is 33.4 Å². The van der Waals surface area contributed by atoms with Crippen molar-refractivity contribution in [3.8, 4) is 0 Å². The highest BCUT2D eigenvalue weighted by molar-refractivity contribution is 5.85. The van der Waals surface area contributed by atoms with Gasteiger partial charge in [-0.2, -0.15) is 0 Å². The molecule has 3 atom stereocenters. The molecule has 1 aromatic heterocycles. The van der Waals surface area contributed by atoms with Crippen LogP contribution in [0.25, 0.3) is 0 Å². The third-order valence-electron chi connectivity index (χ3n) is 4.76. The van der Waals surface area contributed by atoms with Gasteiger partial charge in [0.15, 0.2) is 0 Å². The first-order valence-electron chi connectivity index (χ1n) is 7.61. The van der Waals surface area contributed by atoms with Crippen LogP contribution in [0.4, 0.5) is 0 Å². The number of carboxylic acids is 1. The van der Waals surface area contributed by atoms with E-state index in [2.05, 4.69) is 4.98 Å². The predicted octanol–water partition coefficient (Wildman–Crippen LogP) is 2.25. The van der Waals surface area contributed by atoms with Crippen LogP contribution in [0.5, 0.6) is 0 Å². The summed E-state index contributed by atoms with van der Waals surface area (Å²) in [5.41, 5.74) is 1.05. The van der Waals surface area contributed by atoms with Gasteiger partial charge in [0, 0.05) is 18.9 Å². The lowest BCUT2D eigenvalue weighted by molar-refractivity contribution is -0.149. The topological polar surface area (TPSA) is 70.5 Å². The van der Waals surface area contributed by atoms with Gasteiger partial charge in [-0.1, -0.05) is 12.5 Å². The Hall–Kier alpha value is -1.91. The first-order chi connectivity index (χ1) is 10.2. The molecule has 112 valence electrons. The number of carbonyl (C=O) groups is 2. The van der Waals surface area contributed by atoms with Crippen LogP contribution in [0, 0.1) is 11.8 Å². The Bertz CT molecular complexity index is 532. The number of aliphatic carboxylic acids is 1. The number of hydrogen-bond acceptors (Lipinski definition) is 3. The summed E-state index contributed by atoms with van der Waals surface area (Å²) in [5, 5.41) is 9.28. The van der Waals surface area contributed by atoms with E-state index in [0.29, 0.717) is 12.8 Å². The summed E-state index contributed by atoms with van der Waals surface area (Å²) < 4.78 is 0. The normalized spacial score (nSPS) is 28.8. The highest BCUT2D eigenvalue weighted by Crippen LogP contribution is 2.38. The molecule has 2 aliphatic rings. The quantitative estimate of drug-likeness (QED) is 0.926. The van der Waals surface area contributed by atoms with Crippen LogP contribution < -0.4 is 0 Å². The summed E-state index contributed by atoms with van der Waals surface area (Å²) in [6.45, 7) is 0.723. The van der Waals surface area contributed by atoms with Crippen molar-refractivity contribution in [2.24, 2.45) is 11.8 Å². The predicted molar refractivity (Wildman–Crippen MR) is 76.4 cm³/mol. The number of carboxylic acid groups (broad SMARTS) is 1. The third-order valence-corrected chi connectivity index (χ3v) is 4.76. The van der Waals surface area contributed by atoms with Gasteiger partial charge in [0.1, 0.15) is 0 Å². The molecule has 3 rings (SSSR count). The fourth-order valence-electron chi connectivity index (χ4n) is 3.71. The summed E-state index contributed by atoms with van der Waals surface area (Å²) >= 11 is 0. The Morgan fingerprint density at radius 3 is 2.71 bits per heavy atom. The van der Waals surface area contributed by atoms with Crippen molar-refractivity contribution in [1.82, 2.24) is 9.88 Å². The lowest BCUT2D eigenvalue weighted by atomic mass is 9.94. The lowest BCUT2D eigenvalue weighted by Gasteiger charge is -2.29. The second-order valence-corrected chi connectivity index (χ2v) is 5.96. The number of nitrogens with zero attached hydrogens (tertiary/aromatic N) is 2. The highest BCUT2D eigenvalue weighted by Gasteiger charge is 2.42. The molecule has 5 heteroatoms. The van der Waals surface area contributed by atoms with Gasteiger partial charge in [0.2, 0.25) is 5.91 Å². The maximum atomic E-state index is 12.8. The number of aromatic nitrogens is 1. The van der Waals surface area contributed by atoms with E-state index in [9.17, 15) is 14.7 Å². The molecule has 0 aromatic carbocycles. The van der Waals surface area contributed by atoms with Gasteiger partial charge >= 0.3 is 5.97 Å². The van der Waals surface area contributed by atoms with Crippen LogP contribution in [-0.2, 0) is 9.59 Å². The fourth-order valence-corrected chi connectivity index (χ4v) is 3.71. The van der Waals surface area contributed by atoms with Crippen LogP contribution in [0.1, 0.15) is 43.7 Å². The van der Waals surface area contributed by atoms with Crippen molar-refractivity contribution in [1.29, 1.82) is 0 Å². The van der Waals surface area contributed by atoms with Crippen LogP contribution in [0.2, 0.25) is 0 Å². The second kappa shape index (κ2) is 5.84. The minimum atomic E-state index is -0.831. The smallest absolute Gasteiger partial charge is 0.307 e. The second-order valence-electron chi connectivity index (χ2n) is 5.96. The largest absolute Gasteiger partial charge is 0.481 e. The molecule has 2 fully saturated rings. The van der Waals surface area contributed by atoms with Crippen molar-refractivity contribution >= 4 is 11.9 Å². The summed E-state index contributed by atoms with van der Waals surface area (Å²) in [6.07, 6.45) is 7.58. The number of rotatable bonds is 3. The molecule has 0 radical (unpaired) electrons. The highest BCUT2D eigenvalue weighted by atomic mass is 16.4. The first kappa shape index (κ1) is 14.0. The standard InChI is InChI=1S/C16H20N2O3/c19-15(12-5-1-6-13(12)16(20)21)18-9-3-7-14(18)11-4-2-8-17-10-11/h2,4,8,10,12-14H,1,3,5-7,9H2,(H,20,21)/t12-,13+,14?/m1/s1. The SMILES string of the molecule is O=C(O)[C@H]1CCC[C@H]1C(=O)N1CCCC1c1cccnc1. The summed E-state index contributed by atoms with van der Waals surface area (Å²) in [7, 11) is 0. The molecule has 0 spiro atoms. The average Bonchev–Trinajstić information content (AvgIpc) is 3.16. The summed E-state index contributed by atoms with van der Waals surface area (Å²) in [4.78, 5) is 30.1. The number of carbonyl (C=O) groups excluding carboxylic acids is 1. The molecule has 1 unspecified atom stereocenters. The van der Waals surface area contributed by atoms with Gasteiger partial charge in [-0.25, -0.2) is 0 Å². The Labute approximate surface area is 124 Å². The number of amides is 1. The van der Waals surface area contributed by atoms with Gasteiger partial charge in [0.25, 0.3) is 0 Å².